The fourth-order valence-corrected chi connectivity index (χ4v) is 4.24. The Morgan fingerprint density at radius 2 is 1.85 bits per heavy atom. The highest BCUT2D eigenvalue weighted by molar-refractivity contribution is 7.15. The van der Waals surface area contributed by atoms with Gasteiger partial charge in [-0.15, -0.1) is 0 Å². The number of aromatic nitrogens is 3. The first-order valence-electron chi connectivity index (χ1n) is 10.6. The Morgan fingerprint density at radius 1 is 1.06 bits per heavy atom. The zero-order valence-electron chi connectivity index (χ0n) is 18.2. The maximum Gasteiger partial charge on any atom is 0.296 e. The quantitative estimate of drug-likeness (QED) is 0.381. The average molecular weight is 484 g/mol. The summed E-state index contributed by atoms with van der Waals surface area (Å²) in [6.07, 6.45) is 2.88. The summed E-state index contributed by atoms with van der Waals surface area (Å²) in [5, 5.41) is 4.90. The first-order chi connectivity index (χ1) is 16.0. The molecule has 0 atom stereocenters. The van der Waals surface area contributed by atoms with Crippen LogP contribution in [0.3, 0.4) is 0 Å². The van der Waals surface area contributed by atoms with Gasteiger partial charge in [0.1, 0.15) is 5.69 Å². The van der Waals surface area contributed by atoms with Crippen LogP contribution in [0.1, 0.15) is 37.1 Å². The predicted molar refractivity (Wildman–Crippen MR) is 130 cm³/mol. The average Bonchev–Trinajstić information content (AvgIpc) is 3.09. The summed E-state index contributed by atoms with van der Waals surface area (Å²) >= 11 is 7.04. The van der Waals surface area contributed by atoms with E-state index in [2.05, 4.69) is 10.1 Å². The number of benzene rings is 2. The number of nitrogens with zero attached hydrogens (tertiary/aromatic N) is 3. The maximum absolute atomic E-state index is 13.0. The Labute approximate surface area is 198 Å². The van der Waals surface area contributed by atoms with Gasteiger partial charge in [0, 0.05) is 11.4 Å². The van der Waals surface area contributed by atoms with Crippen molar-refractivity contribution < 1.29 is 9.47 Å². The number of ether oxygens (including phenoxy) is 2. The van der Waals surface area contributed by atoms with Crippen molar-refractivity contribution in [2.75, 3.05) is 13.2 Å². The molecule has 4 aromatic rings. The molecule has 4 rings (SSSR count). The summed E-state index contributed by atoms with van der Waals surface area (Å²) < 4.78 is 13.0. The lowest BCUT2D eigenvalue weighted by molar-refractivity contribution is 0.277. The van der Waals surface area contributed by atoms with E-state index in [-0.39, 0.29) is 22.6 Å². The van der Waals surface area contributed by atoms with E-state index in [0.29, 0.717) is 34.3 Å². The van der Waals surface area contributed by atoms with Crippen LogP contribution in [0.4, 0.5) is 0 Å². The smallest absolute Gasteiger partial charge is 0.296 e. The first kappa shape index (κ1) is 22.9. The van der Waals surface area contributed by atoms with E-state index in [1.54, 1.807) is 18.2 Å². The number of rotatable bonds is 8. The van der Waals surface area contributed by atoms with E-state index in [4.69, 9.17) is 21.1 Å². The molecule has 2 aromatic heterocycles. The van der Waals surface area contributed by atoms with Crippen LogP contribution in [0.5, 0.6) is 11.5 Å². The van der Waals surface area contributed by atoms with Crippen molar-refractivity contribution in [2.45, 2.75) is 26.7 Å². The fourth-order valence-electron chi connectivity index (χ4n) is 3.21. The monoisotopic (exact) mass is 483 g/mol. The molecule has 7 nitrogen and oxygen atoms in total. The van der Waals surface area contributed by atoms with E-state index < -0.39 is 5.56 Å². The molecule has 0 unspecified atom stereocenters. The van der Waals surface area contributed by atoms with Gasteiger partial charge >= 0.3 is 0 Å². The van der Waals surface area contributed by atoms with Crippen LogP contribution < -0.4 is 25.1 Å². The standard InChI is InChI=1S/C24H22ClN3O4S/c1-3-11-32-19-10-7-16(13-20(19)31-4-2)14-21-23(30)28-24(33-21)26-22(29)18(27-28)12-15-5-8-17(25)9-6-15/h5-10,13-14H,3-4,11-12H2,1-2H3. The van der Waals surface area contributed by atoms with Crippen molar-refractivity contribution in [1.29, 1.82) is 0 Å². The molecule has 0 spiro atoms. The highest BCUT2D eigenvalue weighted by atomic mass is 35.5. The molecule has 0 aliphatic heterocycles. The lowest BCUT2D eigenvalue weighted by Gasteiger charge is -2.11. The van der Waals surface area contributed by atoms with E-state index in [1.165, 1.54) is 4.52 Å². The fraction of sp³-hybridized carbons (Fsp3) is 0.250. The summed E-state index contributed by atoms with van der Waals surface area (Å²) in [5.41, 5.74) is 1.05. The van der Waals surface area contributed by atoms with Gasteiger partial charge in [-0.05, 0) is 54.8 Å². The van der Waals surface area contributed by atoms with E-state index in [1.807, 2.05) is 44.2 Å². The lowest BCUT2D eigenvalue weighted by atomic mass is 10.1. The number of hydrogen-bond acceptors (Lipinski definition) is 7. The van der Waals surface area contributed by atoms with Gasteiger partial charge in [-0.1, -0.05) is 48.1 Å². The topological polar surface area (TPSA) is 82.8 Å². The van der Waals surface area contributed by atoms with Gasteiger partial charge in [-0.2, -0.15) is 14.6 Å². The SMILES string of the molecule is CCCOc1ccc(C=c2sc3nc(=O)c(Cc4ccc(Cl)cc4)nn3c2=O)cc1OCC. The third-order valence-corrected chi connectivity index (χ3v) is 5.97. The number of halogens is 1. The minimum Gasteiger partial charge on any atom is -0.490 e. The minimum atomic E-state index is -0.450. The van der Waals surface area contributed by atoms with Crippen LogP contribution in [0.2, 0.25) is 5.02 Å². The van der Waals surface area contributed by atoms with Gasteiger partial charge < -0.3 is 9.47 Å². The Bertz CT molecular complexity index is 1450. The largest absolute Gasteiger partial charge is 0.490 e. The number of fused-ring (bicyclic) bond motifs is 1. The molecule has 2 heterocycles. The molecule has 9 heteroatoms. The Kier molecular flexibility index (Phi) is 7.05. The molecule has 0 bridgehead atoms. The third-order valence-electron chi connectivity index (χ3n) is 4.76. The number of thiazole rings is 1. The van der Waals surface area contributed by atoms with E-state index in [9.17, 15) is 9.59 Å². The second kappa shape index (κ2) is 10.1. The molecule has 0 radical (unpaired) electrons. The van der Waals surface area contributed by atoms with E-state index in [0.717, 1.165) is 28.9 Å². The second-order valence-electron chi connectivity index (χ2n) is 7.26. The van der Waals surface area contributed by atoms with Crippen LogP contribution >= 0.6 is 22.9 Å². The van der Waals surface area contributed by atoms with Crippen LogP contribution in [-0.4, -0.2) is 27.8 Å². The minimum absolute atomic E-state index is 0.201. The first-order valence-corrected chi connectivity index (χ1v) is 11.8. The van der Waals surface area contributed by atoms with Crippen LogP contribution in [0, 0.1) is 0 Å². The summed E-state index contributed by atoms with van der Waals surface area (Å²) in [5.74, 6) is 1.28. The molecule has 0 aliphatic carbocycles. The predicted octanol–water partition coefficient (Wildman–Crippen LogP) is 3.49. The molecule has 0 saturated carbocycles. The zero-order valence-corrected chi connectivity index (χ0v) is 19.8. The summed E-state index contributed by atoms with van der Waals surface area (Å²) in [6, 6.07) is 12.6. The summed E-state index contributed by atoms with van der Waals surface area (Å²) in [4.78, 5) is 29.8. The van der Waals surface area contributed by atoms with Gasteiger partial charge in [0.25, 0.3) is 11.1 Å². The molecule has 0 amide bonds. The Hall–Kier alpha value is -3.23. The van der Waals surface area contributed by atoms with Crippen molar-refractivity contribution in [2.24, 2.45) is 0 Å². The highest BCUT2D eigenvalue weighted by Gasteiger charge is 2.12. The molecule has 2 aromatic carbocycles. The second-order valence-corrected chi connectivity index (χ2v) is 8.71. The molecule has 0 saturated heterocycles. The van der Waals surface area contributed by atoms with Crippen molar-refractivity contribution >= 4 is 34.0 Å². The van der Waals surface area contributed by atoms with Gasteiger partial charge in [0.15, 0.2) is 11.5 Å². The normalized spacial score (nSPS) is 11.8. The molecular weight excluding hydrogens is 462 g/mol. The van der Waals surface area contributed by atoms with Crippen molar-refractivity contribution in [3.05, 3.63) is 89.5 Å². The summed E-state index contributed by atoms with van der Waals surface area (Å²) in [6.45, 7) is 5.02. The molecule has 0 fully saturated rings. The van der Waals surface area contributed by atoms with Crippen molar-refractivity contribution in [1.82, 2.24) is 14.6 Å². The molecule has 0 aliphatic rings. The summed E-state index contributed by atoms with van der Waals surface area (Å²) in [7, 11) is 0. The molecule has 33 heavy (non-hydrogen) atoms. The van der Waals surface area contributed by atoms with Gasteiger partial charge in [-0.3, -0.25) is 9.59 Å². The van der Waals surface area contributed by atoms with Gasteiger partial charge in [0.05, 0.1) is 17.7 Å². The van der Waals surface area contributed by atoms with Crippen molar-refractivity contribution in [3.63, 3.8) is 0 Å². The molecule has 0 N–H and O–H groups in total. The van der Waals surface area contributed by atoms with Crippen molar-refractivity contribution in [3.8, 4) is 11.5 Å². The Balaban J connectivity index is 1.72. The van der Waals surface area contributed by atoms with Gasteiger partial charge in [0.2, 0.25) is 4.96 Å². The van der Waals surface area contributed by atoms with Crippen LogP contribution in [0.15, 0.2) is 52.1 Å². The molecule has 170 valence electrons. The lowest BCUT2D eigenvalue weighted by Crippen LogP contribution is -2.28. The number of hydrogen-bond donors (Lipinski definition) is 0. The third kappa shape index (κ3) is 5.23. The van der Waals surface area contributed by atoms with Gasteiger partial charge in [-0.25, -0.2) is 0 Å². The van der Waals surface area contributed by atoms with Crippen LogP contribution in [0.25, 0.3) is 11.0 Å². The zero-order chi connectivity index (χ0) is 23.4. The molecular formula is C24H22ClN3O4S. The highest BCUT2D eigenvalue weighted by Crippen LogP contribution is 2.29. The van der Waals surface area contributed by atoms with Crippen LogP contribution in [-0.2, 0) is 6.42 Å². The maximum atomic E-state index is 13.0. The Morgan fingerprint density at radius 3 is 2.58 bits per heavy atom. The van der Waals surface area contributed by atoms with E-state index >= 15 is 0 Å².